The summed E-state index contributed by atoms with van der Waals surface area (Å²) >= 11 is -0.350. The quantitative estimate of drug-likeness (QED) is 0.219. The highest BCUT2D eigenvalue weighted by atomic mass is 127. The molecule has 2 aromatic rings. The number of ether oxygens (including phenoxy) is 2. The summed E-state index contributed by atoms with van der Waals surface area (Å²) in [5.41, 5.74) is -4.55. The van der Waals surface area contributed by atoms with Crippen molar-refractivity contribution in [2.24, 2.45) is 0 Å². The largest absolute Gasteiger partial charge is 0.741 e. The third-order valence-corrected chi connectivity index (χ3v) is 6.28. The predicted octanol–water partition coefficient (Wildman–Crippen LogP) is -0.560. The molecule has 0 unspecified atom stereocenters. The second-order valence-corrected chi connectivity index (χ2v) is 9.39. The number of halogens is 4. The molecule has 0 saturated heterocycles. The van der Waals surface area contributed by atoms with Crippen molar-refractivity contribution in [2.75, 3.05) is 14.2 Å². The van der Waals surface area contributed by atoms with E-state index >= 15 is 0 Å². The molecule has 0 atom stereocenters. The summed E-state index contributed by atoms with van der Waals surface area (Å²) in [6.45, 7) is 0. The number of carbonyl (C=O) groups is 2. The van der Waals surface area contributed by atoms with Crippen LogP contribution < -0.4 is 21.2 Å². The Labute approximate surface area is 174 Å². The molecule has 29 heavy (non-hydrogen) atoms. The summed E-state index contributed by atoms with van der Waals surface area (Å²) < 4.78 is 70.6. The van der Waals surface area contributed by atoms with Gasteiger partial charge in [-0.25, -0.2) is 18.0 Å². The third kappa shape index (κ3) is 7.98. The normalized spacial score (nSPS) is 11.1. The average molecular weight is 546 g/mol. The monoisotopic (exact) mass is 546 g/mol. The van der Waals surface area contributed by atoms with E-state index in [1.165, 1.54) is 21.4 Å². The van der Waals surface area contributed by atoms with Gasteiger partial charge in [-0.1, -0.05) is 0 Å². The molecule has 0 aromatic heterocycles. The first-order chi connectivity index (χ1) is 13.4. The van der Waals surface area contributed by atoms with Gasteiger partial charge < -0.3 is 14.0 Å². The molecule has 0 fully saturated rings. The molecule has 2 aromatic carbocycles. The Morgan fingerprint density at radius 3 is 1.31 bits per heavy atom. The van der Waals surface area contributed by atoms with E-state index in [2.05, 4.69) is 9.47 Å². The molecule has 0 aliphatic carbocycles. The van der Waals surface area contributed by atoms with Crippen LogP contribution in [-0.2, 0) is 19.6 Å². The minimum atomic E-state index is -6.09. The molecule has 0 N–H and O–H groups in total. The van der Waals surface area contributed by atoms with Crippen LogP contribution in [0.5, 0.6) is 0 Å². The molecule has 0 heterocycles. The molecule has 0 amide bonds. The Morgan fingerprint density at radius 1 is 0.828 bits per heavy atom. The van der Waals surface area contributed by atoms with Crippen LogP contribution in [0.3, 0.4) is 0 Å². The molecule has 2 rings (SSSR count). The number of hydrogen-bond donors (Lipinski definition) is 0. The van der Waals surface area contributed by atoms with Crippen molar-refractivity contribution in [3.05, 3.63) is 66.8 Å². The molecule has 0 aliphatic heterocycles. The summed E-state index contributed by atoms with van der Waals surface area (Å²) in [6, 6.07) is 14.8. The third-order valence-electron chi connectivity index (χ3n) is 3.03. The van der Waals surface area contributed by atoms with E-state index < -0.39 is 15.6 Å². The standard InChI is InChI=1S/C16H14IO4.CHF3O3S/c1-20-15(18)11-3-7-13(8-4-11)17-14-9-5-12(6-10-14)16(19)21-2;2-1(3,4)8(5,6)7/h3-10H,1-2H3;(H,5,6,7)/q+1;/p-1. The number of rotatable bonds is 4. The molecular formula is C17H14F3IO7S. The fourth-order valence-corrected chi connectivity index (χ4v) is 3.82. The van der Waals surface area contributed by atoms with E-state index in [0.29, 0.717) is 11.1 Å². The summed E-state index contributed by atoms with van der Waals surface area (Å²) in [5.74, 6) is -0.663. The number of benzene rings is 2. The molecule has 7 nitrogen and oxygen atoms in total. The van der Waals surface area contributed by atoms with Gasteiger partial charge >= 0.3 is 38.7 Å². The first-order valence-electron chi connectivity index (χ1n) is 7.42. The number of alkyl halides is 3. The second-order valence-electron chi connectivity index (χ2n) is 4.99. The van der Waals surface area contributed by atoms with E-state index in [4.69, 9.17) is 13.0 Å². The van der Waals surface area contributed by atoms with E-state index in [0.717, 1.165) is 0 Å². The maximum absolute atomic E-state index is 11.4. The Balaban J connectivity index is 0.000000447. The highest BCUT2D eigenvalue weighted by molar-refractivity contribution is 7.86. The summed E-state index contributed by atoms with van der Waals surface area (Å²) in [4.78, 5) is 22.7. The minimum Gasteiger partial charge on any atom is -0.741 e. The van der Waals surface area contributed by atoms with Crippen molar-refractivity contribution in [2.45, 2.75) is 5.51 Å². The van der Waals surface area contributed by atoms with Gasteiger partial charge in [0.05, 0.1) is 25.3 Å². The molecule has 0 bridgehead atoms. The fourth-order valence-electron chi connectivity index (χ4n) is 1.66. The Kier molecular flexibility index (Phi) is 9.04. The van der Waals surface area contributed by atoms with Crippen molar-refractivity contribution in [3.63, 3.8) is 0 Å². The molecule has 0 saturated carbocycles. The highest BCUT2D eigenvalue weighted by Crippen LogP contribution is 2.20. The van der Waals surface area contributed by atoms with Gasteiger partial charge in [-0.05, 0) is 48.5 Å². The topological polar surface area (TPSA) is 110 Å². The first-order valence-corrected chi connectivity index (χ1v) is 11.0. The zero-order valence-corrected chi connectivity index (χ0v) is 17.9. The van der Waals surface area contributed by atoms with Gasteiger partial charge in [0, 0.05) is 0 Å². The maximum atomic E-state index is 11.4. The molecule has 12 heteroatoms. The maximum Gasteiger partial charge on any atom is 0.485 e. The molecular weight excluding hydrogens is 532 g/mol. The van der Waals surface area contributed by atoms with Gasteiger partial charge in [0.15, 0.2) is 17.3 Å². The zero-order valence-electron chi connectivity index (χ0n) is 14.9. The van der Waals surface area contributed by atoms with Gasteiger partial charge in [-0.2, -0.15) is 13.2 Å². The van der Waals surface area contributed by atoms with Crippen LogP contribution in [0, 0.1) is 7.14 Å². The van der Waals surface area contributed by atoms with Crippen LogP contribution in [0.4, 0.5) is 13.2 Å². The summed E-state index contributed by atoms with van der Waals surface area (Å²) in [5, 5.41) is 0. The summed E-state index contributed by atoms with van der Waals surface area (Å²) in [7, 11) is -3.36. The van der Waals surface area contributed by atoms with Gasteiger partial charge in [0.1, 0.15) is 0 Å². The lowest BCUT2D eigenvalue weighted by atomic mass is 10.2. The van der Waals surface area contributed by atoms with Gasteiger partial charge in [-0.15, -0.1) is 0 Å². The highest BCUT2D eigenvalue weighted by Gasteiger charge is 2.36. The smallest absolute Gasteiger partial charge is 0.485 e. The lowest BCUT2D eigenvalue weighted by Crippen LogP contribution is -3.61. The summed E-state index contributed by atoms with van der Waals surface area (Å²) in [6.07, 6.45) is 0. The molecule has 0 aliphatic rings. The Hall–Kier alpha value is -2.19. The van der Waals surface area contributed by atoms with Gasteiger partial charge in [0.25, 0.3) is 0 Å². The molecule has 0 spiro atoms. The number of methoxy groups -OCH3 is 2. The van der Waals surface area contributed by atoms with Crippen LogP contribution in [0.15, 0.2) is 48.5 Å². The van der Waals surface area contributed by atoms with E-state index in [-0.39, 0.29) is 33.1 Å². The fraction of sp³-hybridized carbons (Fsp3) is 0.176. The van der Waals surface area contributed by atoms with Crippen LogP contribution in [0.1, 0.15) is 20.7 Å². The van der Waals surface area contributed by atoms with Crippen LogP contribution in [0.25, 0.3) is 0 Å². The molecule has 158 valence electrons. The SMILES string of the molecule is COC(=O)c1ccc([I+]c2ccc(C(=O)OC)cc2)cc1.O=S(=O)([O-])C(F)(F)F. The number of carbonyl (C=O) groups excluding carboxylic acids is 2. The van der Waals surface area contributed by atoms with E-state index in [9.17, 15) is 22.8 Å². The lowest BCUT2D eigenvalue weighted by Gasteiger charge is -2.08. The van der Waals surface area contributed by atoms with Crippen molar-refractivity contribution in [1.29, 1.82) is 0 Å². The van der Waals surface area contributed by atoms with Crippen molar-refractivity contribution in [1.82, 2.24) is 0 Å². The van der Waals surface area contributed by atoms with E-state index in [1.807, 2.05) is 24.3 Å². The predicted molar refractivity (Wildman–Crippen MR) is 88.7 cm³/mol. The van der Waals surface area contributed by atoms with Crippen LogP contribution in [0.2, 0.25) is 0 Å². The first kappa shape index (κ1) is 24.8. The van der Waals surface area contributed by atoms with Crippen LogP contribution >= 0.6 is 0 Å². The average Bonchev–Trinajstić information content (AvgIpc) is 2.67. The number of esters is 2. The van der Waals surface area contributed by atoms with Gasteiger partial charge in [-0.3, -0.25) is 0 Å². The van der Waals surface area contributed by atoms with Gasteiger partial charge in [0.2, 0.25) is 0 Å². The van der Waals surface area contributed by atoms with E-state index in [1.54, 1.807) is 24.3 Å². The van der Waals surface area contributed by atoms with Crippen LogP contribution in [-0.4, -0.2) is 44.6 Å². The lowest BCUT2D eigenvalue weighted by molar-refractivity contribution is -0.597. The van der Waals surface area contributed by atoms with Crippen molar-refractivity contribution in [3.8, 4) is 0 Å². The minimum absolute atomic E-state index is 0.331. The Bertz CT molecular complexity index is 883. The van der Waals surface area contributed by atoms with Crippen molar-refractivity contribution < 1.29 is 66.4 Å². The zero-order chi connectivity index (χ0) is 22.2. The number of hydrogen-bond acceptors (Lipinski definition) is 7. The molecule has 0 radical (unpaired) electrons. The Morgan fingerprint density at radius 2 is 1.10 bits per heavy atom. The second kappa shape index (κ2) is 10.5. The van der Waals surface area contributed by atoms with Crippen molar-refractivity contribution >= 4 is 22.1 Å².